The van der Waals surface area contributed by atoms with E-state index >= 15 is 0 Å². The standard InChI is InChI=1S/C27H30F3N5O3/c1-5-6-7-22-18(2)32-17-35(22)23(15-27(28,29)30)26(36)34-12-10-33(11-13-34)20-8-9-21(24(14-20)37-4)25-16-31-19(3)38-25/h5-9,14,16-17,23H,1,10-13,15H2,2-4H3/b7-6-. The van der Waals surface area contributed by atoms with E-state index in [9.17, 15) is 18.0 Å². The number of benzene rings is 1. The summed E-state index contributed by atoms with van der Waals surface area (Å²) in [4.78, 5) is 25.3. The van der Waals surface area contributed by atoms with E-state index in [1.165, 1.54) is 21.9 Å². The minimum absolute atomic E-state index is 0.282. The predicted molar refractivity (Wildman–Crippen MR) is 138 cm³/mol. The molecule has 1 unspecified atom stereocenters. The molecule has 0 saturated carbocycles. The van der Waals surface area contributed by atoms with Crippen LogP contribution in [0.25, 0.3) is 17.4 Å². The SMILES string of the molecule is C=C/C=C\c1c(C)ncn1C(CC(F)(F)F)C(=O)N1CCN(c2ccc(-c3cnc(C)o3)c(OC)c2)CC1. The van der Waals surface area contributed by atoms with Gasteiger partial charge >= 0.3 is 6.18 Å². The minimum atomic E-state index is -4.53. The average Bonchev–Trinajstić information content (AvgIpc) is 3.49. The third kappa shape index (κ3) is 5.92. The maximum absolute atomic E-state index is 13.6. The van der Waals surface area contributed by atoms with Crippen molar-refractivity contribution in [1.82, 2.24) is 19.4 Å². The lowest BCUT2D eigenvalue weighted by Crippen LogP contribution is -2.51. The van der Waals surface area contributed by atoms with Gasteiger partial charge in [0.2, 0.25) is 5.91 Å². The summed E-state index contributed by atoms with van der Waals surface area (Å²) in [6.45, 7) is 8.54. The number of halogens is 3. The first kappa shape index (κ1) is 27.0. The van der Waals surface area contributed by atoms with Crippen molar-refractivity contribution in [2.45, 2.75) is 32.5 Å². The topological polar surface area (TPSA) is 76.6 Å². The number of aryl methyl sites for hydroxylation is 2. The van der Waals surface area contributed by atoms with Crippen LogP contribution in [-0.2, 0) is 4.79 Å². The van der Waals surface area contributed by atoms with Crippen LogP contribution in [-0.4, -0.2) is 64.8 Å². The molecule has 0 bridgehead atoms. The van der Waals surface area contributed by atoms with Crippen LogP contribution in [0.3, 0.4) is 0 Å². The number of hydrogen-bond acceptors (Lipinski definition) is 6. The summed E-state index contributed by atoms with van der Waals surface area (Å²) in [7, 11) is 1.57. The van der Waals surface area contributed by atoms with Crippen LogP contribution in [0, 0.1) is 13.8 Å². The second kappa shape index (κ2) is 11.2. The number of oxazole rings is 1. The maximum atomic E-state index is 13.6. The Balaban J connectivity index is 1.51. The second-order valence-corrected chi connectivity index (χ2v) is 8.99. The molecule has 8 nitrogen and oxygen atoms in total. The summed E-state index contributed by atoms with van der Waals surface area (Å²) in [6.07, 6.45) is 1.86. The number of alkyl halides is 3. The number of hydrogen-bond donors (Lipinski definition) is 0. The van der Waals surface area contributed by atoms with Gasteiger partial charge in [-0.05, 0) is 25.1 Å². The molecule has 0 spiro atoms. The van der Waals surface area contributed by atoms with Gasteiger partial charge in [0.1, 0.15) is 11.8 Å². The van der Waals surface area contributed by atoms with Crippen LogP contribution in [0.2, 0.25) is 0 Å². The van der Waals surface area contributed by atoms with Gasteiger partial charge in [-0.25, -0.2) is 9.97 Å². The Morgan fingerprint density at radius 3 is 2.55 bits per heavy atom. The monoisotopic (exact) mass is 529 g/mol. The maximum Gasteiger partial charge on any atom is 0.391 e. The zero-order valence-corrected chi connectivity index (χ0v) is 21.5. The largest absolute Gasteiger partial charge is 0.496 e. The molecule has 0 N–H and O–H groups in total. The van der Waals surface area contributed by atoms with Crippen LogP contribution in [0.5, 0.6) is 5.75 Å². The van der Waals surface area contributed by atoms with E-state index in [4.69, 9.17) is 9.15 Å². The summed E-state index contributed by atoms with van der Waals surface area (Å²) in [5, 5.41) is 0. The van der Waals surface area contributed by atoms with Gasteiger partial charge in [-0.3, -0.25) is 4.79 Å². The number of nitrogens with zero attached hydrogens (tertiary/aromatic N) is 5. The van der Waals surface area contributed by atoms with E-state index in [0.717, 1.165) is 11.3 Å². The lowest BCUT2D eigenvalue weighted by Gasteiger charge is -2.38. The van der Waals surface area contributed by atoms with Gasteiger partial charge in [-0.15, -0.1) is 0 Å². The molecule has 1 amide bonds. The lowest BCUT2D eigenvalue weighted by atomic mass is 10.1. The molecule has 202 valence electrons. The Morgan fingerprint density at radius 2 is 1.95 bits per heavy atom. The van der Waals surface area contributed by atoms with Gasteiger partial charge in [-0.2, -0.15) is 13.2 Å². The number of piperazine rings is 1. The summed E-state index contributed by atoms with van der Waals surface area (Å²) >= 11 is 0. The third-order valence-electron chi connectivity index (χ3n) is 6.49. The Bertz CT molecular complexity index is 1320. The van der Waals surface area contributed by atoms with Gasteiger partial charge in [0.15, 0.2) is 11.7 Å². The Morgan fingerprint density at radius 1 is 1.21 bits per heavy atom. The first-order valence-electron chi connectivity index (χ1n) is 12.1. The van der Waals surface area contributed by atoms with Crippen LogP contribution in [0.15, 0.2) is 53.9 Å². The van der Waals surface area contributed by atoms with Crippen LogP contribution in [0.1, 0.15) is 29.7 Å². The van der Waals surface area contributed by atoms with Gasteiger partial charge in [0, 0.05) is 44.9 Å². The van der Waals surface area contributed by atoms with E-state index < -0.39 is 24.5 Å². The number of imidazole rings is 1. The highest BCUT2D eigenvalue weighted by Gasteiger charge is 2.39. The van der Waals surface area contributed by atoms with E-state index in [2.05, 4.69) is 21.4 Å². The van der Waals surface area contributed by atoms with Crippen molar-refractivity contribution in [2.75, 3.05) is 38.2 Å². The summed E-state index contributed by atoms with van der Waals surface area (Å²) in [6, 6.07) is 4.23. The zero-order valence-electron chi connectivity index (χ0n) is 21.5. The molecule has 2 aromatic heterocycles. The second-order valence-electron chi connectivity index (χ2n) is 8.99. The smallest absolute Gasteiger partial charge is 0.391 e. The Kier molecular flexibility index (Phi) is 7.94. The molecule has 0 radical (unpaired) electrons. The number of carbonyl (C=O) groups excluding carboxylic acids is 1. The molecular weight excluding hydrogens is 499 g/mol. The Labute approximate surface area is 219 Å². The van der Waals surface area contributed by atoms with Crippen LogP contribution >= 0.6 is 0 Å². The molecule has 1 fully saturated rings. The first-order valence-corrected chi connectivity index (χ1v) is 12.1. The highest BCUT2D eigenvalue weighted by atomic mass is 19.4. The molecule has 1 aliphatic rings. The molecule has 0 aliphatic carbocycles. The predicted octanol–water partition coefficient (Wildman–Crippen LogP) is 5.21. The number of methoxy groups -OCH3 is 1. The average molecular weight is 530 g/mol. The number of anilines is 1. The Hall–Kier alpha value is -4.02. The van der Waals surface area contributed by atoms with Gasteiger partial charge in [0.05, 0.1) is 43.0 Å². The van der Waals surface area contributed by atoms with Crippen molar-refractivity contribution in [1.29, 1.82) is 0 Å². The van der Waals surface area contributed by atoms with E-state index in [1.807, 2.05) is 18.2 Å². The molecule has 3 aromatic rings. The zero-order chi connectivity index (χ0) is 27.4. The number of rotatable bonds is 8. The molecule has 1 atom stereocenters. The normalized spacial score (nSPS) is 15.2. The van der Waals surface area contributed by atoms with Crippen LogP contribution in [0.4, 0.5) is 18.9 Å². The van der Waals surface area contributed by atoms with Gasteiger partial charge in [0.25, 0.3) is 0 Å². The quantitative estimate of drug-likeness (QED) is 0.373. The molecule has 4 rings (SSSR count). The minimum Gasteiger partial charge on any atom is -0.496 e. The molecule has 3 heterocycles. The van der Waals surface area contributed by atoms with Gasteiger partial charge < -0.3 is 23.5 Å². The highest BCUT2D eigenvalue weighted by Crippen LogP contribution is 2.35. The number of ether oxygens (including phenoxy) is 1. The lowest BCUT2D eigenvalue weighted by molar-refractivity contribution is -0.158. The first-order chi connectivity index (χ1) is 18.1. The molecule has 38 heavy (non-hydrogen) atoms. The third-order valence-corrected chi connectivity index (χ3v) is 6.49. The van der Waals surface area contributed by atoms with Crippen molar-refractivity contribution >= 4 is 17.7 Å². The molecule has 1 saturated heterocycles. The van der Waals surface area contributed by atoms with Crippen molar-refractivity contribution < 1.29 is 27.1 Å². The number of aromatic nitrogens is 3. The van der Waals surface area contributed by atoms with Crippen molar-refractivity contribution in [2.24, 2.45) is 0 Å². The van der Waals surface area contributed by atoms with Crippen LogP contribution < -0.4 is 9.64 Å². The fourth-order valence-corrected chi connectivity index (χ4v) is 4.56. The highest BCUT2D eigenvalue weighted by molar-refractivity contribution is 5.81. The van der Waals surface area contributed by atoms with E-state index in [1.54, 1.807) is 39.3 Å². The molecule has 1 aliphatic heterocycles. The van der Waals surface area contributed by atoms with Gasteiger partial charge in [-0.1, -0.05) is 18.7 Å². The van der Waals surface area contributed by atoms with Crippen molar-refractivity contribution in [3.63, 3.8) is 0 Å². The number of allylic oxidation sites excluding steroid dienone is 2. The van der Waals surface area contributed by atoms with E-state index in [-0.39, 0.29) is 13.1 Å². The number of amides is 1. The fraction of sp³-hybridized carbons (Fsp3) is 0.370. The van der Waals surface area contributed by atoms with E-state index in [0.29, 0.717) is 41.9 Å². The summed E-state index contributed by atoms with van der Waals surface area (Å²) in [5.74, 6) is 1.17. The summed E-state index contributed by atoms with van der Waals surface area (Å²) in [5.41, 5.74) is 2.62. The van der Waals surface area contributed by atoms with Crippen molar-refractivity contribution in [3.8, 4) is 17.1 Å². The molecule has 11 heteroatoms. The van der Waals surface area contributed by atoms with Crippen molar-refractivity contribution in [3.05, 3.63) is 66.7 Å². The molecular formula is C27H30F3N5O3. The summed E-state index contributed by atoms with van der Waals surface area (Å²) < 4.78 is 53.1. The number of carbonyl (C=O) groups is 1. The molecule has 1 aromatic carbocycles. The fourth-order valence-electron chi connectivity index (χ4n) is 4.56.